The van der Waals surface area contributed by atoms with Crippen molar-refractivity contribution >= 4 is 22.9 Å². The molecule has 5 heteroatoms. The van der Waals surface area contributed by atoms with E-state index >= 15 is 0 Å². The van der Waals surface area contributed by atoms with Gasteiger partial charge in [-0.15, -0.1) is 0 Å². The van der Waals surface area contributed by atoms with Crippen molar-refractivity contribution in [2.75, 3.05) is 18.5 Å². The second-order valence-electron chi connectivity index (χ2n) is 3.82. The molecule has 0 aromatic carbocycles. The number of aliphatic hydroxyl groups is 1. The van der Waals surface area contributed by atoms with Crippen molar-refractivity contribution in [3.05, 3.63) is 24.0 Å². The lowest BCUT2D eigenvalue weighted by atomic mass is 10.2. The molecule has 88 valence electrons. The molecule has 1 unspecified atom stereocenters. The smallest absolute Gasteiger partial charge is 0.122 e. The molecule has 0 fully saturated rings. The lowest BCUT2D eigenvalue weighted by Crippen LogP contribution is -2.22. The Balaban J connectivity index is 2.71. The summed E-state index contributed by atoms with van der Waals surface area (Å²) in [5.74, 6) is 0. The van der Waals surface area contributed by atoms with Crippen molar-refractivity contribution in [1.29, 1.82) is 0 Å². The monoisotopic (exact) mass is 239 g/mol. The van der Waals surface area contributed by atoms with Crippen LogP contribution in [-0.2, 0) is 0 Å². The average molecular weight is 239 g/mol. The van der Waals surface area contributed by atoms with Gasteiger partial charge in [0, 0.05) is 25.5 Å². The zero-order valence-electron chi connectivity index (χ0n) is 9.55. The van der Waals surface area contributed by atoms with E-state index in [1.165, 1.54) is 0 Å². The largest absolute Gasteiger partial charge is 0.393 e. The van der Waals surface area contributed by atoms with Gasteiger partial charge in [-0.2, -0.15) is 0 Å². The molecule has 0 saturated heterocycles. The number of aromatic nitrogens is 1. The van der Waals surface area contributed by atoms with E-state index < -0.39 is 0 Å². The van der Waals surface area contributed by atoms with E-state index in [9.17, 15) is 5.11 Å². The molecule has 1 rings (SSSR count). The van der Waals surface area contributed by atoms with Crippen molar-refractivity contribution in [1.82, 2.24) is 4.98 Å². The molecule has 0 radical (unpaired) electrons. The topological polar surface area (TPSA) is 62.4 Å². The first kappa shape index (κ1) is 12.9. The Morgan fingerprint density at radius 2 is 2.38 bits per heavy atom. The Morgan fingerprint density at radius 3 is 2.94 bits per heavy atom. The molecular weight excluding hydrogens is 222 g/mol. The number of thiocarbonyl (C=S) groups is 1. The zero-order chi connectivity index (χ0) is 12.1. The minimum absolute atomic E-state index is 0.292. The van der Waals surface area contributed by atoms with Crippen molar-refractivity contribution < 1.29 is 5.11 Å². The van der Waals surface area contributed by atoms with Crippen molar-refractivity contribution in [3.8, 4) is 0 Å². The van der Waals surface area contributed by atoms with Gasteiger partial charge in [0.15, 0.2) is 0 Å². The van der Waals surface area contributed by atoms with Gasteiger partial charge < -0.3 is 15.7 Å². The van der Waals surface area contributed by atoms with Gasteiger partial charge >= 0.3 is 0 Å². The fraction of sp³-hybridized carbons (Fsp3) is 0.455. The standard InChI is InChI=1S/C11H17N3OS/c1-8(15)4-6-14(2)9-3-5-13-10(7-9)11(12)16/h3,5,7-8,15H,4,6H2,1-2H3,(H2,12,16). The van der Waals surface area contributed by atoms with Gasteiger partial charge in [0.05, 0.1) is 11.8 Å². The molecule has 1 heterocycles. The van der Waals surface area contributed by atoms with Crippen LogP contribution in [0.4, 0.5) is 5.69 Å². The summed E-state index contributed by atoms with van der Waals surface area (Å²) in [6, 6.07) is 3.74. The second kappa shape index (κ2) is 5.77. The van der Waals surface area contributed by atoms with E-state index in [0.29, 0.717) is 10.7 Å². The fourth-order valence-corrected chi connectivity index (χ4v) is 1.41. The summed E-state index contributed by atoms with van der Waals surface area (Å²) in [7, 11) is 1.96. The van der Waals surface area contributed by atoms with Crippen molar-refractivity contribution in [3.63, 3.8) is 0 Å². The first-order valence-electron chi connectivity index (χ1n) is 5.15. The van der Waals surface area contributed by atoms with Crippen molar-refractivity contribution in [2.24, 2.45) is 5.73 Å². The third kappa shape index (κ3) is 3.75. The summed E-state index contributed by atoms with van der Waals surface area (Å²) in [5, 5.41) is 9.21. The molecule has 0 bridgehead atoms. The van der Waals surface area contributed by atoms with Crippen molar-refractivity contribution in [2.45, 2.75) is 19.4 Å². The van der Waals surface area contributed by atoms with E-state index in [0.717, 1.165) is 18.7 Å². The molecule has 1 aromatic heterocycles. The molecule has 16 heavy (non-hydrogen) atoms. The Hall–Kier alpha value is -1.20. The Morgan fingerprint density at radius 1 is 1.69 bits per heavy atom. The number of pyridine rings is 1. The molecule has 3 N–H and O–H groups in total. The Labute approximate surface area is 101 Å². The third-order valence-electron chi connectivity index (χ3n) is 2.32. The molecule has 1 aromatic rings. The highest BCUT2D eigenvalue weighted by Crippen LogP contribution is 2.13. The second-order valence-corrected chi connectivity index (χ2v) is 4.26. The lowest BCUT2D eigenvalue weighted by Gasteiger charge is -2.20. The Bertz CT molecular complexity index is 368. The highest BCUT2D eigenvalue weighted by molar-refractivity contribution is 7.80. The van der Waals surface area contributed by atoms with Crippen LogP contribution in [-0.4, -0.2) is 34.8 Å². The minimum atomic E-state index is -0.292. The zero-order valence-corrected chi connectivity index (χ0v) is 10.4. The Kier molecular flexibility index (Phi) is 4.64. The fourth-order valence-electron chi connectivity index (χ4n) is 1.30. The minimum Gasteiger partial charge on any atom is -0.393 e. The van der Waals surface area contributed by atoms with Crippen LogP contribution in [0.1, 0.15) is 19.0 Å². The maximum absolute atomic E-state index is 9.21. The maximum atomic E-state index is 9.21. The van der Waals surface area contributed by atoms with Gasteiger partial charge in [-0.05, 0) is 25.5 Å². The normalized spacial score (nSPS) is 12.2. The number of nitrogens with two attached hydrogens (primary N) is 1. The molecule has 1 atom stereocenters. The van der Waals surface area contributed by atoms with Gasteiger partial charge in [-0.25, -0.2) is 0 Å². The molecule has 0 saturated carbocycles. The van der Waals surface area contributed by atoms with Crippen LogP contribution in [0, 0.1) is 0 Å². The van der Waals surface area contributed by atoms with E-state index in [4.69, 9.17) is 18.0 Å². The number of hydrogen-bond donors (Lipinski definition) is 2. The van der Waals surface area contributed by atoms with E-state index in [-0.39, 0.29) is 6.10 Å². The van der Waals surface area contributed by atoms with Gasteiger partial charge in [0.2, 0.25) is 0 Å². The number of nitrogens with zero attached hydrogens (tertiary/aromatic N) is 2. The third-order valence-corrected chi connectivity index (χ3v) is 2.53. The molecule has 0 aliphatic rings. The van der Waals surface area contributed by atoms with E-state index in [1.807, 2.05) is 24.1 Å². The summed E-state index contributed by atoms with van der Waals surface area (Å²) in [5.41, 5.74) is 7.14. The predicted molar refractivity (Wildman–Crippen MR) is 69.7 cm³/mol. The van der Waals surface area contributed by atoms with Crippen LogP contribution in [0.15, 0.2) is 18.3 Å². The van der Waals surface area contributed by atoms with Gasteiger partial charge in [0.25, 0.3) is 0 Å². The molecule has 0 aliphatic heterocycles. The van der Waals surface area contributed by atoms with Crippen LogP contribution in [0.25, 0.3) is 0 Å². The summed E-state index contributed by atoms with van der Waals surface area (Å²) < 4.78 is 0. The lowest BCUT2D eigenvalue weighted by molar-refractivity contribution is 0.187. The molecular formula is C11H17N3OS. The van der Waals surface area contributed by atoms with E-state index in [1.54, 1.807) is 13.1 Å². The van der Waals surface area contributed by atoms with Gasteiger partial charge in [-0.3, -0.25) is 4.98 Å². The molecule has 4 nitrogen and oxygen atoms in total. The average Bonchev–Trinajstić information content (AvgIpc) is 2.26. The van der Waals surface area contributed by atoms with Crippen LogP contribution in [0.3, 0.4) is 0 Å². The number of hydrogen-bond acceptors (Lipinski definition) is 4. The summed E-state index contributed by atoms with van der Waals surface area (Å²) >= 11 is 4.87. The van der Waals surface area contributed by atoms with Crippen LogP contribution in [0.2, 0.25) is 0 Å². The number of rotatable bonds is 5. The van der Waals surface area contributed by atoms with Crippen LogP contribution in [0.5, 0.6) is 0 Å². The van der Waals surface area contributed by atoms with Crippen LogP contribution >= 0.6 is 12.2 Å². The van der Waals surface area contributed by atoms with E-state index in [2.05, 4.69) is 4.98 Å². The molecule has 0 spiro atoms. The van der Waals surface area contributed by atoms with Gasteiger partial charge in [0.1, 0.15) is 4.99 Å². The number of aliphatic hydroxyl groups excluding tert-OH is 1. The highest BCUT2D eigenvalue weighted by atomic mass is 32.1. The first-order valence-corrected chi connectivity index (χ1v) is 5.56. The quantitative estimate of drug-likeness (QED) is 0.748. The first-order chi connectivity index (χ1) is 7.50. The summed E-state index contributed by atoms with van der Waals surface area (Å²) in [6.45, 7) is 2.55. The predicted octanol–water partition coefficient (Wildman–Crippen LogP) is 0.923. The summed E-state index contributed by atoms with van der Waals surface area (Å²) in [4.78, 5) is 6.41. The molecule has 0 aliphatic carbocycles. The number of anilines is 1. The summed E-state index contributed by atoms with van der Waals surface area (Å²) in [6.07, 6.45) is 2.11. The highest BCUT2D eigenvalue weighted by Gasteiger charge is 2.05. The SMILES string of the molecule is CC(O)CCN(C)c1ccnc(C(N)=S)c1. The van der Waals surface area contributed by atoms with Crippen LogP contribution < -0.4 is 10.6 Å². The van der Waals surface area contributed by atoms with Gasteiger partial charge in [-0.1, -0.05) is 12.2 Å². The molecule has 0 amide bonds. The maximum Gasteiger partial charge on any atom is 0.122 e.